The fourth-order valence-corrected chi connectivity index (χ4v) is 2.27. The summed E-state index contributed by atoms with van der Waals surface area (Å²) in [6.07, 6.45) is 5.24. The van der Waals surface area contributed by atoms with Crippen molar-refractivity contribution in [3.63, 3.8) is 0 Å². The summed E-state index contributed by atoms with van der Waals surface area (Å²) in [4.78, 5) is 15.9. The lowest BCUT2D eigenvalue weighted by Crippen LogP contribution is -2.25. The summed E-state index contributed by atoms with van der Waals surface area (Å²) in [5.41, 5.74) is 1.00. The first kappa shape index (κ1) is 14.1. The van der Waals surface area contributed by atoms with Crippen molar-refractivity contribution >= 4 is 5.97 Å². The minimum absolute atomic E-state index is 0.157. The largest absolute Gasteiger partial charge is 0.497 e. The molecule has 106 valence electrons. The second-order valence-electron chi connectivity index (χ2n) is 4.54. The van der Waals surface area contributed by atoms with Crippen LogP contribution >= 0.6 is 0 Å². The summed E-state index contributed by atoms with van der Waals surface area (Å²) in [6, 6.07) is 7.49. The molecule has 0 saturated heterocycles. The zero-order valence-electron chi connectivity index (χ0n) is 11.8. The van der Waals surface area contributed by atoms with Crippen molar-refractivity contribution in [3.05, 3.63) is 48.5 Å². The summed E-state index contributed by atoms with van der Waals surface area (Å²) < 4.78 is 11.9. The zero-order chi connectivity index (χ0) is 14.5. The predicted molar refractivity (Wildman–Crippen MR) is 74.5 cm³/mol. The average Bonchev–Trinajstić information content (AvgIpc) is 3.01. The Morgan fingerprint density at radius 3 is 2.45 bits per heavy atom. The molecule has 0 aliphatic rings. The average molecular weight is 274 g/mol. The topological polar surface area (TPSA) is 53.4 Å². The van der Waals surface area contributed by atoms with Gasteiger partial charge in [0, 0.05) is 12.4 Å². The van der Waals surface area contributed by atoms with Crippen molar-refractivity contribution in [2.45, 2.75) is 13.0 Å². The van der Waals surface area contributed by atoms with Crippen LogP contribution in [-0.4, -0.2) is 29.7 Å². The van der Waals surface area contributed by atoms with Crippen LogP contribution in [0.25, 0.3) is 0 Å². The highest BCUT2D eigenvalue weighted by Gasteiger charge is 2.27. The van der Waals surface area contributed by atoms with Gasteiger partial charge >= 0.3 is 5.97 Å². The molecule has 0 saturated carbocycles. The molecular weight excluding hydrogens is 256 g/mol. The molecule has 20 heavy (non-hydrogen) atoms. The van der Waals surface area contributed by atoms with Gasteiger partial charge in [-0.05, 0) is 24.6 Å². The second-order valence-corrected chi connectivity index (χ2v) is 4.54. The van der Waals surface area contributed by atoms with Crippen LogP contribution in [0.2, 0.25) is 0 Å². The van der Waals surface area contributed by atoms with E-state index in [2.05, 4.69) is 4.98 Å². The maximum Gasteiger partial charge on any atom is 0.310 e. The molecule has 5 heteroatoms. The molecule has 0 spiro atoms. The molecule has 5 nitrogen and oxygen atoms in total. The van der Waals surface area contributed by atoms with E-state index in [4.69, 9.17) is 9.47 Å². The van der Waals surface area contributed by atoms with Crippen LogP contribution in [0, 0.1) is 5.92 Å². The van der Waals surface area contributed by atoms with Gasteiger partial charge in [0.25, 0.3) is 0 Å². The van der Waals surface area contributed by atoms with Crippen LogP contribution in [0.15, 0.2) is 43.0 Å². The van der Waals surface area contributed by atoms with Crippen LogP contribution in [0.1, 0.15) is 18.5 Å². The van der Waals surface area contributed by atoms with Gasteiger partial charge in [-0.25, -0.2) is 4.98 Å². The molecule has 1 aromatic heterocycles. The highest BCUT2D eigenvalue weighted by Crippen LogP contribution is 2.28. The fraction of sp³-hybridized carbons (Fsp3) is 0.333. The predicted octanol–water partition coefficient (Wildman–Crippen LogP) is 2.29. The third-order valence-corrected chi connectivity index (χ3v) is 3.35. The van der Waals surface area contributed by atoms with Crippen LogP contribution in [0.3, 0.4) is 0 Å². The van der Waals surface area contributed by atoms with E-state index in [1.807, 2.05) is 42.0 Å². The van der Waals surface area contributed by atoms with E-state index in [0.717, 1.165) is 11.3 Å². The Morgan fingerprint density at radius 1 is 1.25 bits per heavy atom. The minimum atomic E-state index is -0.317. The lowest BCUT2D eigenvalue weighted by molar-refractivity contribution is -0.145. The first-order valence-electron chi connectivity index (χ1n) is 6.36. The van der Waals surface area contributed by atoms with Crippen LogP contribution in [0.5, 0.6) is 5.75 Å². The Labute approximate surface area is 118 Å². The van der Waals surface area contributed by atoms with Gasteiger partial charge in [0.2, 0.25) is 0 Å². The van der Waals surface area contributed by atoms with Crippen molar-refractivity contribution in [2.75, 3.05) is 14.2 Å². The van der Waals surface area contributed by atoms with Crippen LogP contribution in [-0.2, 0) is 9.53 Å². The van der Waals surface area contributed by atoms with Crippen LogP contribution < -0.4 is 4.74 Å². The summed E-state index contributed by atoms with van der Waals surface area (Å²) in [6.45, 7) is 1.85. The number of methoxy groups -OCH3 is 2. The monoisotopic (exact) mass is 274 g/mol. The van der Waals surface area contributed by atoms with Gasteiger partial charge in [0.1, 0.15) is 5.75 Å². The second kappa shape index (κ2) is 6.23. The van der Waals surface area contributed by atoms with Gasteiger partial charge in [0.15, 0.2) is 0 Å². The summed E-state index contributed by atoms with van der Waals surface area (Å²) in [5, 5.41) is 0. The first-order valence-corrected chi connectivity index (χ1v) is 6.36. The molecule has 0 fully saturated rings. The highest BCUT2D eigenvalue weighted by atomic mass is 16.5. The number of ether oxygens (including phenoxy) is 2. The number of rotatable bonds is 5. The summed E-state index contributed by atoms with van der Waals surface area (Å²) in [5.74, 6) is 0.214. The van der Waals surface area contributed by atoms with E-state index in [-0.39, 0.29) is 17.9 Å². The molecule has 2 atom stereocenters. The normalized spacial score (nSPS) is 13.6. The van der Waals surface area contributed by atoms with Crippen LogP contribution in [0.4, 0.5) is 0 Å². The molecule has 0 aliphatic carbocycles. The fourth-order valence-electron chi connectivity index (χ4n) is 2.27. The van der Waals surface area contributed by atoms with Gasteiger partial charge in [-0.1, -0.05) is 12.1 Å². The molecule has 0 aliphatic heterocycles. The van der Waals surface area contributed by atoms with Crippen molar-refractivity contribution in [1.29, 1.82) is 0 Å². The van der Waals surface area contributed by atoms with E-state index in [9.17, 15) is 4.79 Å². The molecule has 1 heterocycles. The molecule has 2 rings (SSSR count). The molecule has 0 amide bonds. The first-order chi connectivity index (χ1) is 9.67. The van der Waals surface area contributed by atoms with E-state index in [1.165, 1.54) is 7.11 Å². The van der Waals surface area contributed by atoms with E-state index >= 15 is 0 Å². The van der Waals surface area contributed by atoms with Gasteiger partial charge < -0.3 is 14.0 Å². The van der Waals surface area contributed by atoms with E-state index in [1.54, 1.807) is 19.6 Å². The quantitative estimate of drug-likeness (QED) is 0.785. The number of aromatic nitrogens is 2. The molecule has 1 aromatic carbocycles. The zero-order valence-corrected chi connectivity index (χ0v) is 11.8. The number of hydrogen-bond acceptors (Lipinski definition) is 4. The molecular formula is C15H18N2O3. The molecule has 2 unspecified atom stereocenters. The van der Waals surface area contributed by atoms with E-state index in [0.29, 0.717) is 0 Å². The number of hydrogen-bond donors (Lipinski definition) is 0. The molecule has 2 aromatic rings. The maximum atomic E-state index is 11.9. The summed E-state index contributed by atoms with van der Waals surface area (Å²) in [7, 11) is 3.03. The minimum Gasteiger partial charge on any atom is -0.497 e. The number of nitrogens with zero attached hydrogens (tertiary/aromatic N) is 2. The third kappa shape index (κ3) is 2.82. The lowest BCUT2D eigenvalue weighted by Gasteiger charge is -2.24. The number of carbonyl (C=O) groups excluding carboxylic acids is 1. The standard InChI is InChI=1S/C15H18N2O3/c1-11(15(18)20-3)14(17-9-8-16-10-17)12-4-6-13(19-2)7-5-12/h4-11,14H,1-3H3. The number of esters is 1. The van der Waals surface area contributed by atoms with E-state index < -0.39 is 0 Å². The molecule has 0 radical (unpaired) electrons. The Bertz CT molecular complexity index is 549. The van der Waals surface area contributed by atoms with Gasteiger partial charge in [-0.3, -0.25) is 4.79 Å². The lowest BCUT2D eigenvalue weighted by atomic mass is 9.94. The van der Waals surface area contributed by atoms with Crippen molar-refractivity contribution in [3.8, 4) is 5.75 Å². The van der Waals surface area contributed by atoms with Gasteiger partial charge in [-0.2, -0.15) is 0 Å². The Hall–Kier alpha value is -2.30. The van der Waals surface area contributed by atoms with Crippen molar-refractivity contribution in [2.24, 2.45) is 5.92 Å². The SMILES string of the molecule is COC(=O)C(C)C(c1ccc(OC)cc1)n1ccnc1. The number of benzene rings is 1. The van der Waals surface area contributed by atoms with Gasteiger partial charge in [-0.15, -0.1) is 0 Å². The Morgan fingerprint density at radius 2 is 1.95 bits per heavy atom. The number of carbonyl (C=O) groups is 1. The number of imidazole rings is 1. The maximum absolute atomic E-state index is 11.9. The summed E-state index contributed by atoms with van der Waals surface area (Å²) >= 11 is 0. The molecule has 0 bridgehead atoms. The highest BCUT2D eigenvalue weighted by molar-refractivity contribution is 5.73. The Balaban J connectivity index is 2.38. The van der Waals surface area contributed by atoms with Crippen molar-refractivity contribution < 1.29 is 14.3 Å². The van der Waals surface area contributed by atoms with Crippen molar-refractivity contribution in [1.82, 2.24) is 9.55 Å². The smallest absolute Gasteiger partial charge is 0.310 e. The molecule has 0 N–H and O–H groups in total. The van der Waals surface area contributed by atoms with Gasteiger partial charge in [0.05, 0.1) is 32.5 Å². The Kier molecular flexibility index (Phi) is 4.40. The third-order valence-electron chi connectivity index (χ3n) is 3.35.